The summed E-state index contributed by atoms with van der Waals surface area (Å²) in [5, 5.41) is 12.5. The molecule has 1 N–H and O–H groups in total. The number of methoxy groups -OCH3 is 2. The zero-order valence-electron chi connectivity index (χ0n) is 12.0. The van der Waals surface area contributed by atoms with E-state index in [-0.39, 0.29) is 0 Å². The molecule has 0 aliphatic rings. The van der Waals surface area contributed by atoms with Gasteiger partial charge in [0.15, 0.2) is 0 Å². The standard InChI is InChI=1S/C17H17NO3/c1-20-15-8-3-13(4-9-15)5-12-17(18-19)14-6-10-16(21-2)11-7-14/h3-12,19H,1-2H3. The number of hydrogen-bond donors (Lipinski definition) is 1. The molecule has 0 atom stereocenters. The average Bonchev–Trinajstić information content (AvgIpc) is 2.56. The van der Waals surface area contributed by atoms with Crippen LogP contribution in [0.1, 0.15) is 11.1 Å². The highest BCUT2D eigenvalue weighted by Gasteiger charge is 2.01. The van der Waals surface area contributed by atoms with E-state index in [9.17, 15) is 0 Å². The lowest BCUT2D eigenvalue weighted by molar-refractivity contribution is 0.320. The summed E-state index contributed by atoms with van der Waals surface area (Å²) >= 11 is 0. The van der Waals surface area contributed by atoms with Gasteiger partial charge in [0, 0.05) is 5.56 Å². The number of nitrogens with zero attached hydrogens (tertiary/aromatic N) is 1. The van der Waals surface area contributed by atoms with Crippen molar-refractivity contribution in [3.63, 3.8) is 0 Å². The lowest BCUT2D eigenvalue weighted by Gasteiger charge is -2.03. The van der Waals surface area contributed by atoms with Crippen LogP contribution in [0.3, 0.4) is 0 Å². The Morgan fingerprint density at radius 2 is 1.43 bits per heavy atom. The van der Waals surface area contributed by atoms with Gasteiger partial charge in [-0.3, -0.25) is 0 Å². The second-order valence-corrected chi connectivity index (χ2v) is 4.32. The van der Waals surface area contributed by atoms with Crippen LogP contribution in [-0.2, 0) is 0 Å². The summed E-state index contributed by atoms with van der Waals surface area (Å²) in [6.45, 7) is 0. The first-order valence-electron chi connectivity index (χ1n) is 6.45. The summed E-state index contributed by atoms with van der Waals surface area (Å²) in [4.78, 5) is 0. The third-order valence-electron chi connectivity index (χ3n) is 3.04. The lowest BCUT2D eigenvalue weighted by Crippen LogP contribution is -1.96. The Bertz CT molecular complexity index is 628. The molecule has 0 aliphatic heterocycles. The van der Waals surface area contributed by atoms with Crippen LogP contribution < -0.4 is 9.47 Å². The molecule has 21 heavy (non-hydrogen) atoms. The third-order valence-corrected chi connectivity index (χ3v) is 3.04. The van der Waals surface area contributed by atoms with Gasteiger partial charge < -0.3 is 14.7 Å². The predicted molar refractivity (Wildman–Crippen MR) is 83.3 cm³/mol. The van der Waals surface area contributed by atoms with Gasteiger partial charge in [0.1, 0.15) is 17.2 Å². The van der Waals surface area contributed by atoms with Gasteiger partial charge in [-0.2, -0.15) is 0 Å². The van der Waals surface area contributed by atoms with Crippen molar-refractivity contribution in [2.45, 2.75) is 0 Å². The molecule has 0 radical (unpaired) electrons. The maximum absolute atomic E-state index is 9.15. The van der Waals surface area contributed by atoms with Gasteiger partial charge in [0.25, 0.3) is 0 Å². The lowest BCUT2D eigenvalue weighted by atomic mass is 10.1. The van der Waals surface area contributed by atoms with E-state index in [1.54, 1.807) is 20.3 Å². The smallest absolute Gasteiger partial charge is 0.118 e. The average molecular weight is 283 g/mol. The predicted octanol–water partition coefficient (Wildman–Crippen LogP) is 3.60. The van der Waals surface area contributed by atoms with Gasteiger partial charge in [-0.25, -0.2) is 0 Å². The quantitative estimate of drug-likeness (QED) is 0.518. The van der Waals surface area contributed by atoms with E-state index in [0.717, 1.165) is 22.6 Å². The number of oxime groups is 1. The number of benzene rings is 2. The third kappa shape index (κ3) is 3.86. The molecular weight excluding hydrogens is 266 g/mol. The number of hydrogen-bond acceptors (Lipinski definition) is 4. The van der Waals surface area contributed by atoms with Crippen LogP contribution in [0.4, 0.5) is 0 Å². The zero-order valence-corrected chi connectivity index (χ0v) is 12.0. The largest absolute Gasteiger partial charge is 0.497 e. The van der Waals surface area contributed by atoms with Crippen molar-refractivity contribution in [2.75, 3.05) is 14.2 Å². The maximum Gasteiger partial charge on any atom is 0.118 e. The van der Waals surface area contributed by atoms with Crippen LogP contribution in [0.2, 0.25) is 0 Å². The van der Waals surface area contributed by atoms with Gasteiger partial charge in [-0.15, -0.1) is 0 Å². The van der Waals surface area contributed by atoms with Gasteiger partial charge >= 0.3 is 0 Å². The number of allylic oxidation sites excluding steroid dienone is 1. The van der Waals surface area contributed by atoms with Crippen molar-refractivity contribution in [3.05, 3.63) is 65.7 Å². The highest BCUT2D eigenvalue weighted by atomic mass is 16.5. The molecule has 4 heteroatoms. The summed E-state index contributed by atoms with van der Waals surface area (Å²) in [5.41, 5.74) is 2.28. The normalized spacial score (nSPS) is 11.6. The van der Waals surface area contributed by atoms with E-state index in [2.05, 4.69) is 5.16 Å². The van der Waals surface area contributed by atoms with Gasteiger partial charge in [-0.05, 0) is 48.0 Å². The van der Waals surface area contributed by atoms with Gasteiger partial charge in [0.05, 0.1) is 14.2 Å². The fraction of sp³-hybridized carbons (Fsp3) is 0.118. The number of ether oxygens (including phenoxy) is 2. The second kappa shape index (κ2) is 7.14. The Balaban J connectivity index is 2.15. The summed E-state index contributed by atoms with van der Waals surface area (Å²) in [6, 6.07) is 14.9. The molecule has 2 aromatic carbocycles. The second-order valence-electron chi connectivity index (χ2n) is 4.32. The molecule has 0 spiro atoms. The molecule has 0 bridgehead atoms. The van der Waals surface area contributed by atoms with Crippen LogP contribution >= 0.6 is 0 Å². The van der Waals surface area contributed by atoms with Crippen LogP contribution in [0.5, 0.6) is 11.5 Å². The van der Waals surface area contributed by atoms with Crippen molar-refractivity contribution in [3.8, 4) is 11.5 Å². The molecule has 0 unspecified atom stereocenters. The molecule has 4 nitrogen and oxygen atoms in total. The van der Waals surface area contributed by atoms with Crippen molar-refractivity contribution < 1.29 is 14.7 Å². The fourth-order valence-electron chi connectivity index (χ4n) is 1.84. The molecule has 0 aliphatic carbocycles. The van der Waals surface area contributed by atoms with E-state index in [1.807, 2.05) is 54.6 Å². The van der Waals surface area contributed by atoms with E-state index in [4.69, 9.17) is 14.7 Å². The molecule has 108 valence electrons. The van der Waals surface area contributed by atoms with Crippen molar-refractivity contribution >= 4 is 11.8 Å². The molecule has 2 rings (SSSR count). The Hall–Kier alpha value is -2.75. The molecule has 0 aromatic heterocycles. The van der Waals surface area contributed by atoms with E-state index in [1.165, 1.54) is 0 Å². The minimum absolute atomic E-state index is 0.480. The Morgan fingerprint density at radius 1 is 0.905 bits per heavy atom. The molecule has 0 saturated carbocycles. The van der Waals surface area contributed by atoms with E-state index in [0.29, 0.717) is 5.71 Å². The van der Waals surface area contributed by atoms with E-state index >= 15 is 0 Å². The maximum atomic E-state index is 9.15. The zero-order chi connectivity index (χ0) is 15.1. The summed E-state index contributed by atoms with van der Waals surface area (Å²) < 4.78 is 10.2. The Labute approximate surface area is 123 Å². The SMILES string of the molecule is COc1ccc(C=CC(=NO)c2ccc(OC)cc2)cc1. The van der Waals surface area contributed by atoms with Crippen molar-refractivity contribution in [2.24, 2.45) is 5.16 Å². The van der Waals surface area contributed by atoms with Crippen LogP contribution in [0, 0.1) is 0 Å². The Kier molecular flexibility index (Phi) is 4.99. The van der Waals surface area contributed by atoms with Gasteiger partial charge in [-0.1, -0.05) is 23.4 Å². The van der Waals surface area contributed by atoms with Crippen LogP contribution in [0.15, 0.2) is 59.8 Å². The minimum Gasteiger partial charge on any atom is -0.497 e. The van der Waals surface area contributed by atoms with Crippen LogP contribution in [0.25, 0.3) is 6.08 Å². The van der Waals surface area contributed by atoms with E-state index < -0.39 is 0 Å². The van der Waals surface area contributed by atoms with Crippen molar-refractivity contribution in [1.82, 2.24) is 0 Å². The highest BCUT2D eigenvalue weighted by molar-refractivity contribution is 6.10. The molecular formula is C17H17NO3. The molecule has 0 saturated heterocycles. The fourth-order valence-corrected chi connectivity index (χ4v) is 1.84. The first kappa shape index (κ1) is 14.7. The van der Waals surface area contributed by atoms with Crippen molar-refractivity contribution in [1.29, 1.82) is 0 Å². The first-order chi connectivity index (χ1) is 10.3. The summed E-state index contributed by atoms with van der Waals surface area (Å²) in [7, 11) is 3.24. The minimum atomic E-state index is 0.480. The summed E-state index contributed by atoms with van der Waals surface area (Å²) in [5.74, 6) is 1.56. The molecule has 2 aromatic rings. The monoisotopic (exact) mass is 283 g/mol. The van der Waals surface area contributed by atoms with Gasteiger partial charge in [0.2, 0.25) is 0 Å². The Morgan fingerprint density at radius 3 is 1.90 bits per heavy atom. The molecule has 0 heterocycles. The topological polar surface area (TPSA) is 51.0 Å². The first-order valence-corrected chi connectivity index (χ1v) is 6.45. The highest BCUT2D eigenvalue weighted by Crippen LogP contribution is 2.15. The van der Waals surface area contributed by atoms with Crippen LogP contribution in [-0.4, -0.2) is 25.1 Å². The summed E-state index contributed by atoms with van der Waals surface area (Å²) in [6.07, 6.45) is 3.63. The molecule has 0 fully saturated rings. The molecule has 0 amide bonds. The number of rotatable bonds is 5.